The first-order valence-electron chi connectivity index (χ1n) is 5.63. The van der Waals surface area contributed by atoms with E-state index in [1.807, 2.05) is 4.90 Å². The summed E-state index contributed by atoms with van der Waals surface area (Å²) in [5, 5.41) is 0. The number of hydrogen-bond donors (Lipinski definition) is 1. The van der Waals surface area contributed by atoms with E-state index in [9.17, 15) is 4.79 Å². The molecule has 0 aliphatic rings. The Bertz CT molecular complexity index is 157. The van der Waals surface area contributed by atoms with Crippen molar-refractivity contribution in [1.82, 2.24) is 4.90 Å². The van der Waals surface area contributed by atoms with Crippen LogP contribution in [0.5, 0.6) is 0 Å². The molecule has 0 bridgehead atoms. The third-order valence-electron chi connectivity index (χ3n) is 2.25. The minimum absolute atomic E-state index is 0.273. The van der Waals surface area contributed by atoms with Gasteiger partial charge in [0.05, 0.1) is 0 Å². The third-order valence-corrected chi connectivity index (χ3v) is 2.25. The Kier molecular flexibility index (Phi) is 7.48. The van der Waals surface area contributed by atoms with Crippen molar-refractivity contribution in [2.45, 2.75) is 52.5 Å². The van der Waals surface area contributed by atoms with Gasteiger partial charge in [0.15, 0.2) is 0 Å². The average molecular weight is 200 g/mol. The molecule has 0 aliphatic carbocycles. The molecule has 14 heavy (non-hydrogen) atoms. The second kappa shape index (κ2) is 7.80. The second-order valence-corrected chi connectivity index (χ2v) is 3.93. The van der Waals surface area contributed by atoms with Crippen LogP contribution >= 0.6 is 0 Å². The lowest BCUT2D eigenvalue weighted by Gasteiger charge is -2.26. The SMILES string of the molecule is CCCN(C(=O)CCCCN)C(C)C. The van der Waals surface area contributed by atoms with Crippen LogP contribution in [-0.4, -0.2) is 29.9 Å². The van der Waals surface area contributed by atoms with Crippen LogP contribution in [0.4, 0.5) is 0 Å². The summed E-state index contributed by atoms with van der Waals surface area (Å²) in [6.45, 7) is 7.79. The van der Waals surface area contributed by atoms with Gasteiger partial charge in [-0.25, -0.2) is 0 Å². The fraction of sp³-hybridized carbons (Fsp3) is 0.909. The van der Waals surface area contributed by atoms with E-state index in [0.29, 0.717) is 19.0 Å². The molecule has 0 aromatic heterocycles. The topological polar surface area (TPSA) is 46.3 Å². The minimum Gasteiger partial charge on any atom is -0.340 e. The molecule has 0 saturated heterocycles. The lowest BCUT2D eigenvalue weighted by molar-refractivity contribution is -0.133. The zero-order valence-corrected chi connectivity index (χ0v) is 9.75. The number of hydrogen-bond acceptors (Lipinski definition) is 2. The summed E-state index contributed by atoms with van der Waals surface area (Å²) in [5.74, 6) is 0.273. The van der Waals surface area contributed by atoms with E-state index in [1.54, 1.807) is 0 Å². The summed E-state index contributed by atoms with van der Waals surface area (Å²) in [7, 11) is 0. The minimum atomic E-state index is 0.273. The maximum absolute atomic E-state index is 11.7. The van der Waals surface area contributed by atoms with Gasteiger partial charge in [-0.3, -0.25) is 4.79 Å². The van der Waals surface area contributed by atoms with Crippen LogP contribution < -0.4 is 5.73 Å². The predicted octanol–water partition coefficient (Wildman–Crippen LogP) is 1.76. The van der Waals surface area contributed by atoms with Crippen LogP contribution in [0, 0.1) is 0 Å². The van der Waals surface area contributed by atoms with E-state index in [1.165, 1.54) is 0 Å². The Labute approximate surface area is 87.6 Å². The van der Waals surface area contributed by atoms with Crippen molar-refractivity contribution in [3.63, 3.8) is 0 Å². The summed E-state index contributed by atoms with van der Waals surface area (Å²) < 4.78 is 0. The Morgan fingerprint density at radius 2 is 2.00 bits per heavy atom. The molecule has 0 saturated carbocycles. The van der Waals surface area contributed by atoms with Crippen molar-refractivity contribution in [2.24, 2.45) is 5.73 Å². The molecule has 0 atom stereocenters. The van der Waals surface area contributed by atoms with Crippen molar-refractivity contribution < 1.29 is 4.79 Å². The molecule has 0 aromatic rings. The first-order valence-corrected chi connectivity index (χ1v) is 5.63. The summed E-state index contributed by atoms with van der Waals surface area (Å²) in [6, 6.07) is 0.320. The molecule has 0 aliphatic heterocycles. The van der Waals surface area contributed by atoms with Crippen LogP contribution in [-0.2, 0) is 4.79 Å². The zero-order chi connectivity index (χ0) is 11.0. The molecule has 0 radical (unpaired) electrons. The van der Waals surface area contributed by atoms with Gasteiger partial charge in [-0.1, -0.05) is 6.92 Å². The molecule has 0 unspecified atom stereocenters. The molecule has 84 valence electrons. The molecule has 0 aromatic carbocycles. The molecule has 1 amide bonds. The highest BCUT2D eigenvalue weighted by Crippen LogP contribution is 2.05. The van der Waals surface area contributed by atoms with Gasteiger partial charge in [-0.05, 0) is 39.7 Å². The highest BCUT2D eigenvalue weighted by atomic mass is 16.2. The fourth-order valence-corrected chi connectivity index (χ4v) is 1.48. The van der Waals surface area contributed by atoms with E-state index in [0.717, 1.165) is 25.8 Å². The zero-order valence-electron chi connectivity index (χ0n) is 9.75. The van der Waals surface area contributed by atoms with E-state index in [4.69, 9.17) is 5.73 Å². The molecule has 0 spiro atoms. The van der Waals surface area contributed by atoms with Crippen LogP contribution in [0.3, 0.4) is 0 Å². The molecule has 0 rings (SSSR count). The van der Waals surface area contributed by atoms with Crippen LogP contribution in [0.1, 0.15) is 46.5 Å². The quantitative estimate of drug-likeness (QED) is 0.637. The normalized spacial score (nSPS) is 10.6. The Hall–Kier alpha value is -0.570. The standard InChI is InChI=1S/C11H24N2O/c1-4-9-13(10(2)3)11(14)7-5-6-8-12/h10H,4-9,12H2,1-3H3. The fourth-order valence-electron chi connectivity index (χ4n) is 1.48. The Balaban J connectivity index is 3.89. The molecule has 3 nitrogen and oxygen atoms in total. The summed E-state index contributed by atoms with van der Waals surface area (Å²) >= 11 is 0. The van der Waals surface area contributed by atoms with Gasteiger partial charge in [0.2, 0.25) is 5.91 Å². The predicted molar refractivity (Wildman–Crippen MR) is 60.0 cm³/mol. The highest BCUT2D eigenvalue weighted by Gasteiger charge is 2.14. The number of nitrogens with zero attached hydrogens (tertiary/aromatic N) is 1. The molecule has 0 fully saturated rings. The van der Waals surface area contributed by atoms with Crippen molar-refractivity contribution in [3.8, 4) is 0 Å². The number of nitrogens with two attached hydrogens (primary N) is 1. The van der Waals surface area contributed by atoms with Gasteiger partial charge >= 0.3 is 0 Å². The lowest BCUT2D eigenvalue weighted by atomic mass is 10.2. The second-order valence-electron chi connectivity index (χ2n) is 3.93. The van der Waals surface area contributed by atoms with Crippen molar-refractivity contribution in [2.75, 3.05) is 13.1 Å². The molecule has 2 N–H and O–H groups in total. The van der Waals surface area contributed by atoms with Gasteiger partial charge in [0, 0.05) is 19.0 Å². The van der Waals surface area contributed by atoms with Gasteiger partial charge in [0.25, 0.3) is 0 Å². The number of rotatable bonds is 7. The van der Waals surface area contributed by atoms with Crippen LogP contribution in [0.25, 0.3) is 0 Å². The first-order chi connectivity index (χ1) is 6.63. The Morgan fingerprint density at radius 1 is 1.36 bits per heavy atom. The third kappa shape index (κ3) is 5.22. The average Bonchev–Trinajstić information content (AvgIpc) is 2.13. The van der Waals surface area contributed by atoms with E-state index in [-0.39, 0.29) is 5.91 Å². The number of amides is 1. The maximum Gasteiger partial charge on any atom is 0.222 e. The summed E-state index contributed by atoms with van der Waals surface area (Å²) in [5.41, 5.74) is 5.38. The number of carbonyl (C=O) groups excluding carboxylic acids is 1. The molecule has 0 heterocycles. The summed E-state index contributed by atoms with van der Waals surface area (Å²) in [6.07, 6.45) is 3.54. The van der Waals surface area contributed by atoms with Crippen molar-refractivity contribution in [3.05, 3.63) is 0 Å². The van der Waals surface area contributed by atoms with Gasteiger partial charge in [-0.2, -0.15) is 0 Å². The Morgan fingerprint density at radius 3 is 2.43 bits per heavy atom. The largest absolute Gasteiger partial charge is 0.340 e. The van der Waals surface area contributed by atoms with E-state index < -0.39 is 0 Å². The van der Waals surface area contributed by atoms with Gasteiger partial charge < -0.3 is 10.6 Å². The van der Waals surface area contributed by atoms with Crippen LogP contribution in [0.15, 0.2) is 0 Å². The van der Waals surface area contributed by atoms with Crippen molar-refractivity contribution in [1.29, 1.82) is 0 Å². The smallest absolute Gasteiger partial charge is 0.222 e. The molecular formula is C11H24N2O. The first kappa shape index (κ1) is 13.4. The van der Waals surface area contributed by atoms with Gasteiger partial charge in [-0.15, -0.1) is 0 Å². The number of unbranched alkanes of at least 4 members (excludes halogenated alkanes) is 1. The van der Waals surface area contributed by atoms with Crippen molar-refractivity contribution >= 4 is 5.91 Å². The van der Waals surface area contributed by atoms with Crippen LogP contribution in [0.2, 0.25) is 0 Å². The van der Waals surface area contributed by atoms with E-state index >= 15 is 0 Å². The number of carbonyl (C=O) groups is 1. The maximum atomic E-state index is 11.7. The molecular weight excluding hydrogens is 176 g/mol. The summed E-state index contributed by atoms with van der Waals surface area (Å²) in [4.78, 5) is 13.7. The monoisotopic (exact) mass is 200 g/mol. The lowest BCUT2D eigenvalue weighted by Crippen LogP contribution is -2.37. The highest BCUT2D eigenvalue weighted by molar-refractivity contribution is 5.76. The van der Waals surface area contributed by atoms with E-state index in [2.05, 4.69) is 20.8 Å². The van der Waals surface area contributed by atoms with Gasteiger partial charge in [0.1, 0.15) is 0 Å². The molecule has 3 heteroatoms.